The highest BCUT2D eigenvalue weighted by Gasteiger charge is 2.23. The standard InChI is InChI=1S/C12H9NO3/c14-7-13-12(16)10-5-8-3-1-2-4-9(8)6-11(10)15/h1-5,7H,6H2,(H,13,14,16). The number of ketones is 1. The largest absolute Gasteiger partial charge is 0.295 e. The van der Waals surface area contributed by atoms with Crippen LogP contribution in [-0.2, 0) is 20.8 Å². The number of hydrogen-bond donors (Lipinski definition) is 1. The minimum Gasteiger partial charge on any atom is -0.295 e. The van der Waals surface area contributed by atoms with Gasteiger partial charge < -0.3 is 0 Å². The van der Waals surface area contributed by atoms with E-state index < -0.39 is 5.91 Å². The molecule has 0 bridgehead atoms. The molecule has 0 radical (unpaired) electrons. The molecule has 0 saturated heterocycles. The number of benzene rings is 1. The zero-order valence-electron chi connectivity index (χ0n) is 8.40. The maximum atomic E-state index is 11.6. The van der Waals surface area contributed by atoms with Crippen LogP contribution >= 0.6 is 0 Å². The van der Waals surface area contributed by atoms with Gasteiger partial charge in [-0.3, -0.25) is 19.7 Å². The fourth-order valence-corrected chi connectivity index (χ4v) is 1.66. The lowest BCUT2D eigenvalue weighted by atomic mass is 9.91. The Morgan fingerprint density at radius 1 is 1.31 bits per heavy atom. The van der Waals surface area contributed by atoms with Crippen LogP contribution in [0.5, 0.6) is 0 Å². The first-order valence-electron chi connectivity index (χ1n) is 4.79. The van der Waals surface area contributed by atoms with Crippen molar-refractivity contribution in [3.63, 3.8) is 0 Å². The third-order valence-electron chi connectivity index (χ3n) is 2.44. The zero-order valence-corrected chi connectivity index (χ0v) is 8.40. The van der Waals surface area contributed by atoms with Crippen LogP contribution in [0.25, 0.3) is 6.08 Å². The van der Waals surface area contributed by atoms with E-state index in [-0.39, 0.29) is 24.2 Å². The first kappa shape index (κ1) is 10.3. The molecule has 80 valence electrons. The predicted octanol–water partition coefficient (Wildman–Crippen LogP) is 0.468. The Labute approximate surface area is 92.0 Å². The number of fused-ring (bicyclic) bond motifs is 1. The van der Waals surface area contributed by atoms with Crippen LogP contribution in [0, 0.1) is 0 Å². The van der Waals surface area contributed by atoms with Gasteiger partial charge in [0, 0.05) is 6.42 Å². The monoisotopic (exact) mass is 215 g/mol. The fraction of sp³-hybridized carbons (Fsp3) is 0.0833. The van der Waals surface area contributed by atoms with Crippen molar-refractivity contribution in [2.24, 2.45) is 0 Å². The second kappa shape index (κ2) is 4.10. The Morgan fingerprint density at radius 2 is 2.06 bits per heavy atom. The van der Waals surface area contributed by atoms with Crippen molar-refractivity contribution in [2.45, 2.75) is 6.42 Å². The molecule has 16 heavy (non-hydrogen) atoms. The maximum absolute atomic E-state index is 11.6. The molecular formula is C12H9NO3. The van der Waals surface area contributed by atoms with Crippen LogP contribution in [0.15, 0.2) is 29.8 Å². The number of imide groups is 1. The topological polar surface area (TPSA) is 63.2 Å². The van der Waals surface area contributed by atoms with Gasteiger partial charge in [-0.2, -0.15) is 0 Å². The summed E-state index contributed by atoms with van der Waals surface area (Å²) in [7, 11) is 0. The number of hydrogen-bond acceptors (Lipinski definition) is 3. The van der Waals surface area contributed by atoms with Crippen molar-refractivity contribution in [3.05, 3.63) is 41.0 Å². The third kappa shape index (κ3) is 1.77. The molecule has 0 aromatic heterocycles. The predicted molar refractivity (Wildman–Crippen MR) is 57.3 cm³/mol. The van der Waals surface area contributed by atoms with Crippen LogP contribution in [0.2, 0.25) is 0 Å². The van der Waals surface area contributed by atoms with Gasteiger partial charge in [0.05, 0.1) is 5.57 Å². The first-order chi connectivity index (χ1) is 7.72. The molecule has 4 nitrogen and oxygen atoms in total. The summed E-state index contributed by atoms with van der Waals surface area (Å²) >= 11 is 0. The van der Waals surface area contributed by atoms with Crippen molar-refractivity contribution >= 4 is 24.2 Å². The van der Waals surface area contributed by atoms with E-state index in [0.717, 1.165) is 11.1 Å². The number of Topliss-reactive ketones (excluding diaryl/α,β-unsaturated/α-hetero) is 1. The molecule has 1 aliphatic rings. The summed E-state index contributed by atoms with van der Waals surface area (Å²) in [5.41, 5.74) is 1.78. The number of nitrogens with one attached hydrogen (secondary N) is 1. The Balaban J connectivity index is 2.41. The first-order valence-corrected chi connectivity index (χ1v) is 4.79. The molecule has 0 heterocycles. The van der Waals surface area contributed by atoms with Gasteiger partial charge in [0.25, 0.3) is 5.91 Å². The van der Waals surface area contributed by atoms with Crippen molar-refractivity contribution in [1.82, 2.24) is 5.32 Å². The number of amides is 2. The van der Waals surface area contributed by atoms with Crippen molar-refractivity contribution in [3.8, 4) is 0 Å². The lowest BCUT2D eigenvalue weighted by molar-refractivity contribution is -0.124. The summed E-state index contributed by atoms with van der Waals surface area (Å²) in [5, 5.41) is 1.97. The van der Waals surface area contributed by atoms with Crippen LogP contribution in [0.4, 0.5) is 0 Å². The minimum absolute atomic E-state index is 0.0331. The second-order valence-electron chi connectivity index (χ2n) is 3.45. The summed E-state index contributed by atoms with van der Waals surface area (Å²) in [6, 6.07) is 7.35. The molecule has 0 spiro atoms. The van der Waals surface area contributed by atoms with Gasteiger partial charge >= 0.3 is 0 Å². The number of rotatable bonds is 2. The molecular weight excluding hydrogens is 206 g/mol. The highest BCUT2D eigenvalue weighted by Crippen LogP contribution is 2.21. The zero-order chi connectivity index (χ0) is 11.5. The summed E-state index contributed by atoms with van der Waals surface area (Å²) in [5.74, 6) is -0.910. The van der Waals surface area contributed by atoms with E-state index in [1.165, 1.54) is 6.08 Å². The van der Waals surface area contributed by atoms with Gasteiger partial charge in [-0.1, -0.05) is 24.3 Å². The summed E-state index contributed by atoms with van der Waals surface area (Å²) in [6.45, 7) is 0. The molecule has 1 N–H and O–H groups in total. The van der Waals surface area contributed by atoms with E-state index in [1.54, 1.807) is 0 Å². The van der Waals surface area contributed by atoms with Crippen LogP contribution < -0.4 is 5.32 Å². The summed E-state index contributed by atoms with van der Waals surface area (Å²) in [6.07, 6.45) is 1.99. The van der Waals surface area contributed by atoms with E-state index in [2.05, 4.69) is 0 Å². The summed E-state index contributed by atoms with van der Waals surface area (Å²) in [4.78, 5) is 33.2. The lowest BCUT2D eigenvalue weighted by Gasteiger charge is -2.13. The normalized spacial score (nSPS) is 13.8. The van der Waals surface area contributed by atoms with Crippen LogP contribution in [0.1, 0.15) is 11.1 Å². The number of carbonyl (C=O) groups is 3. The molecule has 0 aliphatic heterocycles. The molecule has 2 amide bonds. The van der Waals surface area contributed by atoms with E-state index in [0.29, 0.717) is 0 Å². The molecule has 1 aromatic rings. The number of carbonyl (C=O) groups excluding carboxylic acids is 3. The van der Waals surface area contributed by atoms with E-state index in [4.69, 9.17) is 0 Å². The third-order valence-corrected chi connectivity index (χ3v) is 2.44. The quantitative estimate of drug-likeness (QED) is 0.576. The summed E-state index contributed by atoms with van der Waals surface area (Å²) < 4.78 is 0. The smallest absolute Gasteiger partial charge is 0.261 e. The molecule has 1 aliphatic carbocycles. The Bertz CT molecular complexity index is 503. The van der Waals surface area contributed by atoms with E-state index >= 15 is 0 Å². The lowest BCUT2D eigenvalue weighted by Crippen LogP contribution is -2.29. The highest BCUT2D eigenvalue weighted by molar-refractivity contribution is 6.25. The Kier molecular flexibility index (Phi) is 2.64. The van der Waals surface area contributed by atoms with E-state index in [9.17, 15) is 14.4 Å². The molecule has 1 aromatic carbocycles. The van der Waals surface area contributed by atoms with E-state index in [1.807, 2.05) is 29.6 Å². The average molecular weight is 215 g/mol. The molecule has 0 saturated carbocycles. The molecule has 4 heteroatoms. The fourth-order valence-electron chi connectivity index (χ4n) is 1.66. The van der Waals surface area contributed by atoms with Crippen molar-refractivity contribution < 1.29 is 14.4 Å². The second-order valence-corrected chi connectivity index (χ2v) is 3.45. The van der Waals surface area contributed by atoms with Gasteiger partial charge in [-0.05, 0) is 17.2 Å². The van der Waals surface area contributed by atoms with Gasteiger partial charge in [0.2, 0.25) is 6.41 Å². The molecule has 0 fully saturated rings. The maximum Gasteiger partial charge on any atom is 0.261 e. The highest BCUT2D eigenvalue weighted by atomic mass is 16.2. The molecule has 0 unspecified atom stereocenters. The van der Waals surface area contributed by atoms with Crippen LogP contribution in [-0.4, -0.2) is 18.1 Å². The van der Waals surface area contributed by atoms with Crippen LogP contribution in [0.3, 0.4) is 0 Å². The molecule has 0 atom stereocenters. The Hall–Kier alpha value is -2.23. The SMILES string of the molecule is O=CNC(=O)C1=Cc2ccccc2CC1=O. The van der Waals surface area contributed by atoms with Gasteiger partial charge in [0.15, 0.2) is 5.78 Å². The van der Waals surface area contributed by atoms with Crippen molar-refractivity contribution in [2.75, 3.05) is 0 Å². The average Bonchev–Trinajstić information content (AvgIpc) is 2.28. The van der Waals surface area contributed by atoms with Crippen molar-refractivity contribution in [1.29, 1.82) is 0 Å². The van der Waals surface area contributed by atoms with Gasteiger partial charge in [0.1, 0.15) is 0 Å². The minimum atomic E-state index is -0.644. The van der Waals surface area contributed by atoms with Gasteiger partial charge in [-0.15, -0.1) is 0 Å². The van der Waals surface area contributed by atoms with Gasteiger partial charge in [-0.25, -0.2) is 0 Å². The Morgan fingerprint density at radius 3 is 2.81 bits per heavy atom. The molecule has 2 rings (SSSR count).